The molecule has 3 rings (SSSR count). The normalized spacial score (nSPS) is 16.3. The first-order valence-electron chi connectivity index (χ1n) is 7.41. The molecule has 0 radical (unpaired) electrons. The summed E-state index contributed by atoms with van der Waals surface area (Å²) in [5, 5.41) is 9.67. The first-order valence-corrected chi connectivity index (χ1v) is 7.41. The van der Waals surface area contributed by atoms with E-state index in [1.807, 2.05) is 36.4 Å². The lowest BCUT2D eigenvalue weighted by molar-refractivity contribution is 0.133. The lowest BCUT2D eigenvalue weighted by Gasteiger charge is -2.27. The Morgan fingerprint density at radius 2 is 1.81 bits per heavy atom. The van der Waals surface area contributed by atoms with Gasteiger partial charge in [0.05, 0.1) is 12.1 Å². The second kappa shape index (κ2) is 5.88. The number of aliphatic hydroxyl groups is 1. The monoisotopic (exact) mass is 283 g/mol. The summed E-state index contributed by atoms with van der Waals surface area (Å²) in [6.45, 7) is 0.105. The second-order valence-corrected chi connectivity index (χ2v) is 5.75. The number of hydrogen-bond donors (Lipinski definition) is 2. The molecule has 2 aromatic carbocycles. The number of hydrogen-bond acceptors (Lipinski definition) is 3. The van der Waals surface area contributed by atoms with E-state index in [2.05, 4.69) is 12.1 Å². The van der Waals surface area contributed by atoms with E-state index < -0.39 is 5.54 Å². The van der Waals surface area contributed by atoms with E-state index in [0.29, 0.717) is 0 Å². The van der Waals surface area contributed by atoms with Crippen LogP contribution in [0.3, 0.4) is 0 Å². The number of aliphatic hydroxyl groups excluding tert-OH is 1. The van der Waals surface area contributed by atoms with Gasteiger partial charge in [0.1, 0.15) is 12.4 Å². The van der Waals surface area contributed by atoms with E-state index >= 15 is 0 Å². The van der Waals surface area contributed by atoms with Crippen molar-refractivity contribution in [3.05, 3.63) is 65.2 Å². The zero-order valence-electron chi connectivity index (χ0n) is 12.1. The Morgan fingerprint density at radius 1 is 1.05 bits per heavy atom. The van der Waals surface area contributed by atoms with E-state index in [1.165, 1.54) is 17.5 Å². The van der Waals surface area contributed by atoms with Gasteiger partial charge in [0.2, 0.25) is 0 Å². The number of benzene rings is 2. The highest BCUT2D eigenvalue weighted by Gasteiger charge is 2.27. The Bertz CT molecular complexity index is 612. The van der Waals surface area contributed by atoms with Gasteiger partial charge < -0.3 is 15.6 Å². The van der Waals surface area contributed by atoms with Crippen LogP contribution >= 0.6 is 0 Å². The maximum atomic E-state index is 9.67. The van der Waals surface area contributed by atoms with Gasteiger partial charge in [-0.25, -0.2) is 0 Å². The molecule has 0 heterocycles. The standard InChI is InChI=1S/C18H21NO2/c19-18(12-20,16-7-2-1-3-8-16)13-21-17-10-9-14-5-4-6-15(14)11-17/h1-3,7-11,20H,4-6,12-13,19H2. The van der Waals surface area contributed by atoms with Crippen molar-refractivity contribution in [3.63, 3.8) is 0 Å². The van der Waals surface area contributed by atoms with E-state index in [-0.39, 0.29) is 13.2 Å². The fraction of sp³-hybridized carbons (Fsp3) is 0.333. The molecule has 0 saturated carbocycles. The predicted octanol–water partition coefficient (Wildman–Crippen LogP) is 2.40. The molecule has 0 fully saturated rings. The van der Waals surface area contributed by atoms with Gasteiger partial charge in [-0.05, 0) is 48.1 Å². The van der Waals surface area contributed by atoms with Crippen molar-refractivity contribution in [3.8, 4) is 5.75 Å². The molecule has 0 amide bonds. The predicted molar refractivity (Wildman–Crippen MR) is 83.4 cm³/mol. The van der Waals surface area contributed by atoms with Crippen molar-refractivity contribution < 1.29 is 9.84 Å². The second-order valence-electron chi connectivity index (χ2n) is 5.75. The molecule has 0 saturated heterocycles. The third kappa shape index (κ3) is 2.94. The smallest absolute Gasteiger partial charge is 0.119 e. The van der Waals surface area contributed by atoms with Gasteiger partial charge in [-0.3, -0.25) is 0 Å². The van der Waals surface area contributed by atoms with Crippen LogP contribution in [0.15, 0.2) is 48.5 Å². The summed E-state index contributed by atoms with van der Waals surface area (Å²) in [7, 11) is 0. The van der Waals surface area contributed by atoms with Crippen LogP contribution in [0, 0.1) is 0 Å². The minimum Gasteiger partial charge on any atom is -0.491 e. The molecule has 0 bridgehead atoms. The molecule has 0 spiro atoms. The summed E-state index contributed by atoms with van der Waals surface area (Å²) in [5.41, 5.74) is 9.11. The van der Waals surface area contributed by atoms with Gasteiger partial charge in [-0.2, -0.15) is 0 Å². The fourth-order valence-electron chi connectivity index (χ4n) is 2.84. The van der Waals surface area contributed by atoms with Crippen LogP contribution in [0.25, 0.3) is 0 Å². The van der Waals surface area contributed by atoms with E-state index in [4.69, 9.17) is 10.5 Å². The van der Waals surface area contributed by atoms with E-state index in [1.54, 1.807) is 0 Å². The van der Waals surface area contributed by atoms with Gasteiger partial charge in [-0.15, -0.1) is 0 Å². The first kappa shape index (κ1) is 14.1. The summed E-state index contributed by atoms with van der Waals surface area (Å²) in [6.07, 6.45) is 3.51. The highest BCUT2D eigenvalue weighted by molar-refractivity contribution is 5.38. The number of ether oxygens (including phenoxy) is 1. The molecular weight excluding hydrogens is 262 g/mol. The Hall–Kier alpha value is -1.84. The van der Waals surface area contributed by atoms with Crippen LogP contribution in [0.4, 0.5) is 0 Å². The van der Waals surface area contributed by atoms with E-state index in [9.17, 15) is 5.11 Å². The maximum absolute atomic E-state index is 9.67. The number of nitrogens with two attached hydrogens (primary N) is 1. The summed E-state index contributed by atoms with van der Waals surface area (Å²) < 4.78 is 5.86. The van der Waals surface area contributed by atoms with Crippen molar-refractivity contribution in [2.75, 3.05) is 13.2 Å². The number of aryl methyl sites for hydroxylation is 2. The molecule has 0 aliphatic heterocycles. The Morgan fingerprint density at radius 3 is 2.57 bits per heavy atom. The van der Waals surface area contributed by atoms with Crippen molar-refractivity contribution in [2.45, 2.75) is 24.8 Å². The molecule has 2 aromatic rings. The Labute approximate surface area is 125 Å². The van der Waals surface area contributed by atoms with Crippen LogP contribution in [-0.2, 0) is 18.4 Å². The molecule has 1 atom stereocenters. The number of rotatable bonds is 5. The third-order valence-corrected chi connectivity index (χ3v) is 4.20. The Kier molecular flexibility index (Phi) is 3.95. The summed E-state index contributed by atoms with van der Waals surface area (Å²) in [5.74, 6) is 0.829. The van der Waals surface area contributed by atoms with Gasteiger partial charge in [-0.1, -0.05) is 36.4 Å². The van der Waals surface area contributed by atoms with Crippen molar-refractivity contribution in [1.29, 1.82) is 0 Å². The van der Waals surface area contributed by atoms with Crippen molar-refractivity contribution in [1.82, 2.24) is 0 Å². The number of fused-ring (bicyclic) bond motifs is 1. The minimum absolute atomic E-state index is 0.151. The average Bonchev–Trinajstić information content (AvgIpc) is 3.01. The maximum Gasteiger partial charge on any atom is 0.119 e. The molecule has 110 valence electrons. The van der Waals surface area contributed by atoms with Crippen molar-refractivity contribution >= 4 is 0 Å². The highest BCUT2D eigenvalue weighted by Crippen LogP contribution is 2.27. The van der Waals surface area contributed by atoms with E-state index in [0.717, 1.165) is 24.2 Å². The van der Waals surface area contributed by atoms with Gasteiger partial charge in [0, 0.05) is 0 Å². The highest BCUT2D eigenvalue weighted by atomic mass is 16.5. The zero-order valence-corrected chi connectivity index (χ0v) is 12.1. The molecule has 3 nitrogen and oxygen atoms in total. The van der Waals surface area contributed by atoms with Gasteiger partial charge in [0.15, 0.2) is 0 Å². The van der Waals surface area contributed by atoms with Crippen LogP contribution in [0.5, 0.6) is 5.75 Å². The lowest BCUT2D eigenvalue weighted by Crippen LogP contribution is -2.46. The van der Waals surface area contributed by atoms with Crippen LogP contribution < -0.4 is 10.5 Å². The van der Waals surface area contributed by atoms with Crippen LogP contribution in [0.1, 0.15) is 23.1 Å². The fourth-order valence-corrected chi connectivity index (χ4v) is 2.84. The molecule has 1 aliphatic rings. The summed E-state index contributed by atoms with van der Waals surface area (Å²) in [4.78, 5) is 0. The molecular formula is C18H21NO2. The zero-order chi connectivity index (χ0) is 14.7. The third-order valence-electron chi connectivity index (χ3n) is 4.20. The summed E-state index contributed by atoms with van der Waals surface area (Å²) >= 11 is 0. The first-order chi connectivity index (χ1) is 10.2. The molecule has 1 unspecified atom stereocenters. The Balaban J connectivity index is 1.73. The lowest BCUT2D eigenvalue weighted by atomic mass is 9.93. The van der Waals surface area contributed by atoms with Crippen molar-refractivity contribution in [2.24, 2.45) is 5.73 Å². The molecule has 0 aromatic heterocycles. The van der Waals surface area contributed by atoms with Gasteiger partial charge >= 0.3 is 0 Å². The SMILES string of the molecule is NC(CO)(COc1ccc2c(c1)CCC2)c1ccccc1. The summed E-state index contributed by atoms with van der Waals surface area (Å²) in [6, 6.07) is 15.8. The molecule has 3 N–H and O–H groups in total. The van der Waals surface area contributed by atoms with Gasteiger partial charge in [0.25, 0.3) is 0 Å². The minimum atomic E-state index is -0.875. The largest absolute Gasteiger partial charge is 0.491 e. The average molecular weight is 283 g/mol. The molecule has 3 heteroatoms. The molecule has 21 heavy (non-hydrogen) atoms. The van der Waals surface area contributed by atoms with Crippen LogP contribution in [-0.4, -0.2) is 18.3 Å². The van der Waals surface area contributed by atoms with Crippen LogP contribution in [0.2, 0.25) is 0 Å². The topological polar surface area (TPSA) is 55.5 Å². The quantitative estimate of drug-likeness (QED) is 0.886. The molecule has 1 aliphatic carbocycles.